The quantitative estimate of drug-likeness (QED) is 0.634. The van der Waals surface area contributed by atoms with Gasteiger partial charge in [0.05, 0.1) is 16.3 Å². The molecule has 3 rings (SSSR count). The molecule has 22 heavy (non-hydrogen) atoms. The van der Waals surface area contributed by atoms with Gasteiger partial charge in [-0.3, -0.25) is 4.79 Å². The van der Waals surface area contributed by atoms with Crippen molar-refractivity contribution in [3.05, 3.63) is 33.7 Å². The fraction of sp³-hybridized carbons (Fsp3) is 0.231. The summed E-state index contributed by atoms with van der Waals surface area (Å²) in [5.41, 5.74) is 1.72. The third-order valence-corrected chi connectivity index (χ3v) is 4.96. The predicted molar refractivity (Wildman–Crippen MR) is 87.5 cm³/mol. The molecule has 1 aromatic carbocycles. The number of aromatic nitrogens is 4. The highest BCUT2D eigenvalue weighted by atomic mass is 32.2. The number of thioether (sulfide) groups is 1. The van der Waals surface area contributed by atoms with E-state index in [9.17, 15) is 9.59 Å². The van der Waals surface area contributed by atoms with Crippen molar-refractivity contribution in [2.75, 3.05) is 5.32 Å². The highest BCUT2D eigenvalue weighted by Gasteiger charge is 2.17. The number of nitrogens with one attached hydrogen (secondary N) is 3. The predicted octanol–water partition coefficient (Wildman–Crippen LogP) is 2.14. The van der Waals surface area contributed by atoms with Gasteiger partial charge < -0.3 is 15.3 Å². The first kappa shape index (κ1) is 14.8. The van der Waals surface area contributed by atoms with Crippen molar-refractivity contribution in [1.29, 1.82) is 0 Å². The van der Waals surface area contributed by atoms with Crippen molar-refractivity contribution in [2.24, 2.45) is 0 Å². The monoisotopic (exact) mass is 335 g/mol. The number of amides is 1. The number of aryl methyl sites for hydroxylation is 1. The number of rotatable bonds is 4. The molecule has 2 aromatic heterocycles. The van der Waals surface area contributed by atoms with Crippen molar-refractivity contribution in [3.8, 4) is 0 Å². The Hall–Kier alpha value is -2.13. The van der Waals surface area contributed by atoms with E-state index in [0.717, 1.165) is 9.35 Å². The van der Waals surface area contributed by atoms with E-state index in [1.807, 2.05) is 13.8 Å². The minimum Gasteiger partial charge on any atom is -0.325 e. The van der Waals surface area contributed by atoms with Crippen LogP contribution in [0.15, 0.2) is 27.3 Å². The average molecular weight is 335 g/mol. The van der Waals surface area contributed by atoms with E-state index in [2.05, 4.69) is 25.5 Å². The molecule has 0 aliphatic rings. The maximum atomic E-state index is 12.2. The summed E-state index contributed by atoms with van der Waals surface area (Å²) in [7, 11) is 0. The molecule has 0 aliphatic carbocycles. The second-order valence-electron chi connectivity index (χ2n) is 4.68. The Balaban J connectivity index is 1.70. The zero-order chi connectivity index (χ0) is 15.7. The SMILES string of the molecule is Cc1nnc(S[C@@H](C)C(=O)Nc2ccc3[nH]c(=O)[nH]c3c2)s1. The molecule has 2 heterocycles. The highest BCUT2D eigenvalue weighted by molar-refractivity contribution is 8.02. The van der Waals surface area contributed by atoms with Gasteiger partial charge in [-0.15, -0.1) is 10.2 Å². The molecule has 0 bridgehead atoms. The minimum absolute atomic E-state index is 0.130. The van der Waals surface area contributed by atoms with Gasteiger partial charge in [-0.1, -0.05) is 23.1 Å². The maximum Gasteiger partial charge on any atom is 0.323 e. The minimum atomic E-state index is -0.298. The zero-order valence-corrected chi connectivity index (χ0v) is 13.5. The van der Waals surface area contributed by atoms with Gasteiger partial charge >= 0.3 is 5.69 Å². The number of nitrogens with zero attached hydrogens (tertiary/aromatic N) is 2. The van der Waals surface area contributed by atoms with Gasteiger partial charge in [0.15, 0.2) is 4.34 Å². The summed E-state index contributed by atoms with van der Waals surface area (Å²) < 4.78 is 0.769. The molecule has 0 aliphatic heterocycles. The number of aromatic amines is 2. The molecule has 0 unspecified atom stereocenters. The molecule has 0 fully saturated rings. The topological polar surface area (TPSA) is 104 Å². The van der Waals surface area contributed by atoms with Crippen molar-refractivity contribution in [3.63, 3.8) is 0 Å². The number of hydrogen-bond acceptors (Lipinski definition) is 6. The van der Waals surface area contributed by atoms with Crippen LogP contribution in [0.25, 0.3) is 11.0 Å². The van der Waals surface area contributed by atoms with Crippen LogP contribution in [0.1, 0.15) is 11.9 Å². The highest BCUT2D eigenvalue weighted by Crippen LogP contribution is 2.27. The molecule has 0 radical (unpaired) electrons. The summed E-state index contributed by atoms with van der Waals surface area (Å²) in [5.74, 6) is -0.130. The number of carbonyl (C=O) groups excluding carboxylic acids is 1. The van der Waals surface area contributed by atoms with Crippen LogP contribution >= 0.6 is 23.1 Å². The van der Waals surface area contributed by atoms with Gasteiger partial charge in [-0.25, -0.2) is 4.79 Å². The van der Waals surface area contributed by atoms with Crippen LogP contribution < -0.4 is 11.0 Å². The molecule has 1 amide bonds. The first-order valence-corrected chi connectivity index (χ1v) is 8.20. The molecule has 1 atom stereocenters. The van der Waals surface area contributed by atoms with Crippen molar-refractivity contribution < 1.29 is 4.79 Å². The third kappa shape index (κ3) is 3.20. The second kappa shape index (κ2) is 5.93. The standard InChI is InChI=1S/C13H13N5O2S2/c1-6(21-13-18-17-7(2)22-13)11(19)14-8-3-4-9-10(5-8)16-12(20)15-9/h3-6H,1-2H3,(H,14,19)(H2,15,16,20)/t6-/m0/s1. The summed E-state index contributed by atoms with van der Waals surface area (Å²) in [6.45, 7) is 3.69. The van der Waals surface area contributed by atoms with E-state index in [4.69, 9.17) is 0 Å². The Morgan fingerprint density at radius 2 is 2.09 bits per heavy atom. The Labute approximate surface area is 133 Å². The fourth-order valence-corrected chi connectivity index (χ4v) is 3.84. The molecular weight excluding hydrogens is 322 g/mol. The molecule has 9 heteroatoms. The van der Waals surface area contributed by atoms with Crippen LogP contribution in [0.5, 0.6) is 0 Å². The van der Waals surface area contributed by atoms with Gasteiger partial charge in [0.25, 0.3) is 0 Å². The van der Waals surface area contributed by atoms with E-state index in [1.165, 1.54) is 23.1 Å². The van der Waals surface area contributed by atoms with Crippen molar-refractivity contribution in [2.45, 2.75) is 23.4 Å². The average Bonchev–Trinajstić information content (AvgIpc) is 3.03. The molecule has 0 saturated heterocycles. The summed E-state index contributed by atoms with van der Waals surface area (Å²) >= 11 is 2.83. The second-order valence-corrected chi connectivity index (χ2v) is 7.45. The molecule has 114 valence electrons. The van der Waals surface area contributed by atoms with E-state index in [-0.39, 0.29) is 16.8 Å². The number of H-pyrrole nitrogens is 2. The first-order valence-electron chi connectivity index (χ1n) is 6.51. The zero-order valence-electron chi connectivity index (χ0n) is 11.8. The lowest BCUT2D eigenvalue weighted by Gasteiger charge is -2.10. The number of hydrogen-bond donors (Lipinski definition) is 3. The summed E-state index contributed by atoms with van der Waals surface area (Å²) in [4.78, 5) is 28.7. The summed E-state index contributed by atoms with van der Waals surface area (Å²) in [5, 5.41) is 11.3. The molecule has 3 N–H and O–H groups in total. The smallest absolute Gasteiger partial charge is 0.323 e. The Kier molecular flexibility index (Phi) is 3.99. The van der Waals surface area contributed by atoms with Gasteiger partial charge in [0.2, 0.25) is 5.91 Å². The van der Waals surface area contributed by atoms with Crippen LogP contribution in [0.3, 0.4) is 0 Å². The third-order valence-electron chi connectivity index (χ3n) is 2.94. The largest absolute Gasteiger partial charge is 0.325 e. The summed E-state index contributed by atoms with van der Waals surface area (Å²) in [6, 6.07) is 5.21. The normalized spacial score (nSPS) is 12.5. The molecule has 0 spiro atoms. The molecule has 7 nitrogen and oxygen atoms in total. The van der Waals surface area contributed by atoms with Crippen LogP contribution in [0.2, 0.25) is 0 Å². The number of carbonyl (C=O) groups is 1. The molecule has 0 saturated carbocycles. The number of anilines is 1. The number of fused-ring (bicyclic) bond motifs is 1. The first-order chi connectivity index (χ1) is 10.5. The van der Waals surface area contributed by atoms with Crippen LogP contribution in [-0.2, 0) is 4.79 Å². The van der Waals surface area contributed by atoms with Gasteiger partial charge in [-0.05, 0) is 32.0 Å². The number of benzene rings is 1. The van der Waals surface area contributed by atoms with E-state index in [0.29, 0.717) is 16.7 Å². The lowest BCUT2D eigenvalue weighted by molar-refractivity contribution is -0.115. The fourth-order valence-electron chi connectivity index (χ4n) is 1.88. The lowest BCUT2D eigenvalue weighted by Crippen LogP contribution is -2.22. The van der Waals surface area contributed by atoms with Crippen molar-refractivity contribution >= 4 is 45.7 Å². The number of imidazole rings is 1. The Bertz CT molecular complexity index is 882. The van der Waals surface area contributed by atoms with Crippen molar-refractivity contribution in [1.82, 2.24) is 20.2 Å². The Morgan fingerprint density at radius 3 is 2.82 bits per heavy atom. The molecule has 3 aromatic rings. The van der Waals surface area contributed by atoms with Gasteiger partial charge in [0, 0.05) is 5.69 Å². The maximum absolute atomic E-state index is 12.2. The van der Waals surface area contributed by atoms with E-state index in [1.54, 1.807) is 18.2 Å². The van der Waals surface area contributed by atoms with Crippen LogP contribution in [0.4, 0.5) is 5.69 Å². The van der Waals surface area contributed by atoms with E-state index < -0.39 is 0 Å². The molecular formula is C13H13N5O2S2. The summed E-state index contributed by atoms with van der Waals surface area (Å²) in [6.07, 6.45) is 0. The van der Waals surface area contributed by atoms with Gasteiger partial charge in [-0.2, -0.15) is 0 Å². The Morgan fingerprint density at radius 1 is 1.32 bits per heavy atom. The van der Waals surface area contributed by atoms with E-state index >= 15 is 0 Å². The van der Waals surface area contributed by atoms with Crippen LogP contribution in [0, 0.1) is 6.92 Å². The van der Waals surface area contributed by atoms with Gasteiger partial charge in [0.1, 0.15) is 5.01 Å². The lowest BCUT2D eigenvalue weighted by atomic mass is 10.2. The van der Waals surface area contributed by atoms with Crippen LogP contribution in [-0.4, -0.2) is 31.3 Å².